The van der Waals surface area contributed by atoms with Crippen LogP contribution in [0, 0.1) is 5.92 Å². The number of ether oxygens (including phenoxy) is 3. The van der Waals surface area contributed by atoms with E-state index in [1.807, 2.05) is 42.5 Å². The molecule has 1 aliphatic rings. The van der Waals surface area contributed by atoms with E-state index in [0.717, 1.165) is 23.3 Å². The number of halogens is 1. The number of nitrogens with one attached hydrogen (secondary N) is 1. The number of nitrogens with zero attached hydrogens (tertiary/aromatic N) is 2. The molecule has 0 saturated heterocycles. The largest absolute Gasteiger partial charge is 0.507 e. The summed E-state index contributed by atoms with van der Waals surface area (Å²) in [5.41, 5.74) is 3.68. The molecule has 2 heterocycles. The van der Waals surface area contributed by atoms with Crippen molar-refractivity contribution in [2.75, 3.05) is 20.8 Å². The second-order valence-electron chi connectivity index (χ2n) is 10.1. The molecule has 5 rings (SSSR count). The molecule has 0 radical (unpaired) electrons. The molecule has 0 bridgehead atoms. The minimum absolute atomic E-state index is 0.0185. The quantitative estimate of drug-likeness (QED) is 0.226. The van der Waals surface area contributed by atoms with Gasteiger partial charge in [-0.3, -0.25) is 9.89 Å². The lowest BCUT2D eigenvalue weighted by Gasteiger charge is -2.27. The van der Waals surface area contributed by atoms with Crippen LogP contribution in [-0.4, -0.2) is 46.9 Å². The van der Waals surface area contributed by atoms with Gasteiger partial charge >= 0.3 is 0 Å². The normalized spacial score (nSPS) is 14.5. The monoisotopic (exact) mass is 561 g/mol. The van der Waals surface area contributed by atoms with E-state index in [0.29, 0.717) is 58.1 Å². The van der Waals surface area contributed by atoms with Gasteiger partial charge in [-0.15, -0.1) is 0 Å². The number of hydrogen-bond donors (Lipinski definition) is 2. The Morgan fingerprint density at radius 1 is 1.02 bits per heavy atom. The predicted octanol–water partition coefficient (Wildman–Crippen LogP) is 6.62. The molecule has 1 unspecified atom stereocenters. The van der Waals surface area contributed by atoms with Gasteiger partial charge in [-0.1, -0.05) is 43.6 Å². The highest BCUT2D eigenvalue weighted by Crippen LogP contribution is 2.47. The Balaban J connectivity index is 1.60. The van der Waals surface area contributed by atoms with Crippen LogP contribution in [0.2, 0.25) is 5.02 Å². The molecule has 0 saturated carbocycles. The summed E-state index contributed by atoms with van der Waals surface area (Å²) in [5, 5.41) is 18.5. The van der Waals surface area contributed by atoms with Gasteiger partial charge in [-0.05, 0) is 65.9 Å². The number of fused-ring (bicyclic) bond motifs is 1. The zero-order chi connectivity index (χ0) is 28.4. The zero-order valence-electron chi connectivity index (χ0n) is 22.9. The molecule has 0 aliphatic carbocycles. The third kappa shape index (κ3) is 5.31. The molecule has 40 heavy (non-hydrogen) atoms. The molecule has 9 heteroatoms. The topological polar surface area (TPSA) is 96.9 Å². The van der Waals surface area contributed by atoms with Crippen molar-refractivity contribution in [2.24, 2.45) is 5.92 Å². The number of rotatable bonds is 10. The molecule has 4 aromatic rings. The van der Waals surface area contributed by atoms with Gasteiger partial charge in [-0.25, -0.2) is 0 Å². The number of methoxy groups -OCH3 is 2. The third-order valence-electron chi connectivity index (χ3n) is 7.05. The number of aromatic hydroxyl groups is 1. The summed E-state index contributed by atoms with van der Waals surface area (Å²) >= 11 is 6.28. The van der Waals surface area contributed by atoms with E-state index < -0.39 is 6.04 Å². The lowest BCUT2D eigenvalue weighted by Crippen LogP contribution is -2.29. The summed E-state index contributed by atoms with van der Waals surface area (Å²) in [6.45, 7) is 5.21. The minimum Gasteiger partial charge on any atom is -0.507 e. The van der Waals surface area contributed by atoms with Gasteiger partial charge in [0, 0.05) is 22.7 Å². The fourth-order valence-electron chi connectivity index (χ4n) is 4.92. The van der Waals surface area contributed by atoms with Crippen molar-refractivity contribution in [3.05, 3.63) is 88.1 Å². The maximum Gasteiger partial charge on any atom is 0.273 e. The van der Waals surface area contributed by atoms with Gasteiger partial charge in [0.15, 0.2) is 11.5 Å². The summed E-state index contributed by atoms with van der Waals surface area (Å²) in [4.78, 5) is 15.6. The first kappa shape index (κ1) is 27.4. The minimum atomic E-state index is -0.518. The number of benzene rings is 3. The lowest BCUT2D eigenvalue weighted by atomic mass is 9.95. The molecule has 208 valence electrons. The van der Waals surface area contributed by atoms with Gasteiger partial charge in [0.1, 0.15) is 22.9 Å². The van der Waals surface area contributed by atoms with Crippen LogP contribution in [0.1, 0.15) is 53.5 Å². The van der Waals surface area contributed by atoms with Crippen LogP contribution in [0.3, 0.4) is 0 Å². The Bertz CT molecular complexity index is 1520. The number of phenolic OH excluding ortho intramolecular Hbond substituents is 1. The average molecular weight is 562 g/mol. The van der Waals surface area contributed by atoms with Crippen molar-refractivity contribution in [2.45, 2.75) is 32.9 Å². The average Bonchev–Trinajstić information content (AvgIpc) is 3.49. The zero-order valence-corrected chi connectivity index (χ0v) is 23.7. The van der Waals surface area contributed by atoms with Crippen LogP contribution in [0.5, 0.6) is 23.0 Å². The van der Waals surface area contributed by atoms with E-state index in [9.17, 15) is 9.90 Å². The van der Waals surface area contributed by atoms with Crippen molar-refractivity contribution >= 4 is 17.5 Å². The van der Waals surface area contributed by atoms with Gasteiger partial charge in [0.2, 0.25) is 0 Å². The number of aromatic amines is 1. The molecule has 0 spiro atoms. The second kappa shape index (κ2) is 11.5. The highest BCUT2D eigenvalue weighted by molar-refractivity contribution is 6.31. The Kier molecular flexibility index (Phi) is 7.89. The number of H-pyrrole nitrogens is 1. The number of phenols is 1. The van der Waals surface area contributed by atoms with Gasteiger partial charge in [0.05, 0.1) is 26.9 Å². The fraction of sp³-hybridized carbons (Fsp3) is 0.290. The van der Waals surface area contributed by atoms with Crippen LogP contribution in [0.15, 0.2) is 60.7 Å². The maximum absolute atomic E-state index is 13.8. The summed E-state index contributed by atoms with van der Waals surface area (Å²) in [5.74, 6) is 2.28. The van der Waals surface area contributed by atoms with Crippen LogP contribution >= 0.6 is 11.6 Å². The van der Waals surface area contributed by atoms with Crippen LogP contribution < -0.4 is 14.2 Å². The van der Waals surface area contributed by atoms with Crippen molar-refractivity contribution in [1.29, 1.82) is 0 Å². The molecule has 1 aliphatic heterocycles. The van der Waals surface area contributed by atoms with Crippen LogP contribution in [0.25, 0.3) is 11.3 Å². The van der Waals surface area contributed by atoms with E-state index >= 15 is 0 Å². The Hall–Kier alpha value is -4.17. The highest BCUT2D eigenvalue weighted by atomic mass is 35.5. The number of aromatic nitrogens is 2. The summed E-state index contributed by atoms with van der Waals surface area (Å²) in [6, 6.07) is 17.6. The number of hydrogen-bond acceptors (Lipinski definition) is 6. The van der Waals surface area contributed by atoms with Gasteiger partial charge in [0.25, 0.3) is 5.91 Å². The molecule has 8 nitrogen and oxygen atoms in total. The smallest absolute Gasteiger partial charge is 0.273 e. The summed E-state index contributed by atoms with van der Waals surface area (Å²) in [7, 11) is 3.22. The predicted molar refractivity (Wildman–Crippen MR) is 153 cm³/mol. The number of carbonyl (C=O) groups excluding carboxylic acids is 1. The fourth-order valence-corrected chi connectivity index (χ4v) is 5.09. The summed E-state index contributed by atoms with van der Waals surface area (Å²) in [6.07, 6.45) is 0.919. The Morgan fingerprint density at radius 2 is 1.80 bits per heavy atom. The molecular weight excluding hydrogens is 530 g/mol. The van der Waals surface area contributed by atoms with E-state index in [1.54, 1.807) is 31.3 Å². The lowest BCUT2D eigenvalue weighted by molar-refractivity contribution is 0.0730. The Labute approximate surface area is 238 Å². The Morgan fingerprint density at radius 3 is 2.50 bits per heavy atom. The standard InChI is InChI=1S/C31H32ClN3O5/c1-18(2)13-14-40-25-12-7-20(15-26(25)39-4)30-27-28(23-16-21(32)8-11-24(23)36)33-34-29(27)31(37)35(30)17-19-5-9-22(38-3)10-6-19/h5-12,15-16,18,30,36H,13-14,17H2,1-4H3,(H,33,34). The number of carbonyl (C=O) groups is 1. The molecule has 1 amide bonds. The van der Waals surface area contributed by atoms with E-state index in [4.69, 9.17) is 25.8 Å². The molecule has 1 atom stereocenters. The maximum atomic E-state index is 13.8. The first-order valence-corrected chi connectivity index (χ1v) is 13.5. The van der Waals surface area contributed by atoms with E-state index in [-0.39, 0.29) is 11.7 Å². The van der Waals surface area contributed by atoms with Gasteiger partial charge < -0.3 is 24.2 Å². The third-order valence-corrected chi connectivity index (χ3v) is 7.28. The molecule has 0 fully saturated rings. The summed E-state index contributed by atoms with van der Waals surface area (Å²) < 4.78 is 17.0. The van der Waals surface area contributed by atoms with E-state index in [2.05, 4.69) is 24.0 Å². The molecule has 2 N–H and O–H groups in total. The second-order valence-corrected chi connectivity index (χ2v) is 10.6. The number of amides is 1. The van der Waals surface area contributed by atoms with Crippen molar-refractivity contribution in [1.82, 2.24) is 15.1 Å². The SMILES string of the molecule is COc1ccc(CN2C(=O)c3[nH]nc(-c4cc(Cl)ccc4O)c3C2c2ccc(OCCC(C)C)c(OC)c2)cc1. The molecule has 3 aromatic carbocycles. The first-order valence-electron chi connectivity index (χ1n) is 13.1. The van der Waals surface area contributed by atoms with Crippen LogP contribution in [0.4, 0.5) is 0 Å². The van der Waals surface area contributed by atoms with Crippen molar-refractivity contribution < 1.29 is 24.1 Å². The van der Waals surface area contributed by atoms with Crippen LogP contribution in [-0.2, 0) is 6.54 Å². The molecule has 1 aromatic heterocycles. The first-order chi connectivity index (χ1) is 19.3. The van der Waals surface area contributed by atoms with E-state index in [1.165, 1.54) is 6.07 Å². The van der Waals surface area contributed by atoms with Crippen molar-refractivity contribution in [3.63, 3.8) is 0 Å². The van der Waals surface area contributed by atoms with Crippen molar-refractivity contribution in [3.8, 4) is 34.3 Å². The highest BCUT2D eigenvalue weighted by Gasteiger charge is 2.43. The van der Waals surface area contributed by atoms with Gasteiger partial charge in [-0.2, -0.15) is 5.10 Å². The molecular formula is C31H32ClN3O5.